The number of nitrogens with one attached hydrogen (secondary N) is 1. The van der Waals surface area contributed by atoms with E-state index in [9.17, 15) is 13.2 Å². The molecule has 0 radical (unpaired) electrons. The number of anilines is 1. The van der Waals surface area contributed by atoms with Crippen molar-refractivity contribution < 1.29 is 13.2 Å². The molecule has 166 valence electrons. The summed E-state index contributed by atoms with van der Waals surface area (Å²) in [5.41, 5.74) is 1.26. The third-order valence-corrected chi connectivity index (χ3v) is 9.01. The maximum Gasteiger partial charge on any atom is 0.243 e. The highest BCUT2D eigenvalue weighted by Crippen LogP contribution is 2.60. The van der Waals surface area contributed by atoms with E-state index < -0.39 is 10.0 Å². The van der Waals surface area contributed by atoms with Gasteiger partial charge in [0, 0.05) is 24.0 Å². The Morgan fingerprint density at radius 3 is 2.48 bits per heavy atom. The topological polar surface area (TPSA) is 79.4 Å². The van der Waals surface area contributed by atoms with Crippen LogP contribution < -0.4 is 5.32 Å². The molecule has 2 atom stereocenters. The molecule has 1 saturated heterocycles. The van der Waals surface area contributed by atoms with Gasteiger partial charge < -0.3 is 5.32 Å². The highest BCUT2D eigenvalue weighted by atomic mass is 35.5. The van der Waals surface area contributed by atoms with Crippen molar-refractivity contribution in [1.29, 1.82) is 0 Å². The van der Waals surface area contributed by atoms with E-state index in [2.05, 4.69) is 10.3 Å². The number of halogens is 2. The number of amides is 1. The fourth-order valence-electron chi connectivity index (χ4n) is 4.15. The lowest BCUT2D eigenvalue weighted by Crippen LogP contribution is -2.27. The van der Waals surface area contributed by atoms with Crippen LogP contribution in [0.4, 0.5) is 5.13 Å². The molecule has 1 aromatic carbocycles. The molecule has 1 N–H and O–H groups in total. The van der Waals surface area contributed by atoms with Gasteiger partial charge in [-0.1, -0.05) is 49.2 Å². The second kappa shape index (κ2) is 8.48. The van der Waals surface area contributed by atoms with Gasteiger partial charge in [-0.2, -0.15) is 4.31 Å². The minimum Gasteiger partial charge on any atom is -0.302 e. The molecular weight excluding hydrogens is 477 g/mol. The molecule has 1 aliphatic heterocycles. The van der Waals surface area contributed by atoms with Crippen molar-refractivity contribution in [2.24, 2.45) is 17.3 Å². The first kappa shape index (κ1) is 22.7. The molecule has 10 heteroatoms. The third-order valence-electron chi connectivity index (χ3n) is 6.09. The minimum absolute atomic E-state index is 0.0120. The van der Waals surface area contributed by atoms with Crippen LogP contribution in [-0.2, 0) is 14.8 Å². The summed E-state index contributed by atoms with van der Waals surface area (Å²) in [6.07, 6.45) is 3.51. The molecule has 2 aromatic rings. The molecule has 31 heavy (non-hydrogen) atoms. The van der Waals surface area contributed by atoms with Crippen molar-refractivity contribution in [3.05, 3.63) is 40.2 Å². The third kappa shape index (κ3) is 4.54. The Labute approximate surface area is 196 Å². The van der Waals surface area contributed by atoms with E-state index in [0.29, 0.717) is 23.9 Å². The van der Waals surface area contributed by atoms with Gasteiger partial charge in [0.15, 0.2) is 5.13 Å². The minimum atomic E-state index is -3.44. The lowest BCUT2D eigenvalue weighted by Gasteiger charge is -2.15. The summed E-state index contributed by atoms with van der Waals surface area (Å²) < 4.78 is 27.0. The quantitative estimate of drug-likeness (QED) is 0.597. The molecule has 1 aliphatic carbocycles. The number of benzene rings is 1. The van der Waals surface area contributed by atoms with Gasteiger partial charge >= 0.3 is 0 Å². The van der Waals surface area contributed by atoms with Gasteiger partial charge in [-0.3, -0.25) is 4.79 Å². The number of carbonyl (C=O) groups excluding carboxylic acids is 1. The van der Waals surface area contributed by atoms with E-state index >= 15 is 0 Å². The van der Waals surface area contributed by atoms with Crippen molar-refractivity contribution in [2.45, 2.75) is 31.6 Å². The maximum absolute atomic E-state index is 12.7. The molecule has 4 rings (SSSR count). The van der Waals surface area contributed by atoms with E-state index in [1.165, 1.54) is 15.6 Å². The molecular formula is C21H23Cl2N3O3S2. The normalized spacial score (nSPS) is 22.8. The maximum atomic E-state index is 12.7. The Balaban J connectivity index is 1.44. The molecule has 2 unspecified atom stereocenters. The van der Waals surface area contributed by atoms with Crippen LogP contribution in [0.5, 0.6) is 0 Å². The number of thiazole rings is 1. The first-order valence-corrected chi connectivity index (χ1v) is 13.1. The number of aromatic nitrogens is 1. The average Bonchev–Trinajstić information content (AvgIpc) is 3.19. The van der Waals surface area contributed by atoms with E-state index in [0.717, 1.165) is 18.4 Å². The molecule has 2 fully saturated rings. The SMILES string of the molecule is CC1(C)C(C=C(Cl)Cl)C1C(=O)Nc1nc(-c2ccc(S(=O)(=O)N3CCCC3)cc2)cs1. The van der Waals surface area contributed by atoms with Crippen molar-refractivity contribution in [3.8, 4) is 11.3 Å². The first-order chi connectivity index (χ1) is 14.6. The monoisotopic (exact) mass is 499 g/mol. The predicted octanol–water partition coefficient (Wildman–Crippen LogP) is 5.12. The number of hydrogen-bond donors (Lipinski definition) is 1. The van der Waals surface area contributed by atoms with Gasteiger partial charge in [-0.25, -0.2) is 13.4 Å². The Hall–Kier alpha value is -1.45. The Morgan fingerprint density at radius 2 is 1.87 bits per heavy atom. The number of nitrogens with zero attached hydrogens (tertiary/aromatic N) is 2. The molecule has 2 aliphatic rings. The summed E-state index contributed by atoms with van der Waals surface area (Å²) in [5, 5.41) is 5.21. The number of hydrogen-bond acceptors (Lipinski definition) is 5. The standard InChI is InChI=1S/C21H23Cl2N3O3S2/c1-21(2)15(11-17(22)23)18(21)19(27)25-20-24-16(12-30-20)13-5-7-14(8-6-13)31(28,29)26-9-3-4-10-26/h5-8,11-12,15,18H,3-4,9-10H2,1-2H3,(H,24,25,27). The van der Waals surface area contributed by atoms with Gasteiger partial charge in [0.25, 0.3) is 0 Å². The number of allylic oxidation sites excluding steroid dienone is 1. The van der Waals surface area contributed by atoms with E-state index in [4.69, 9.17) is 23.2 Å². The van der Waals surface area contributed by atoms with E-state index in [-0.39, 0.29) is 32.5 Å². The first-order valence-electron chi connectivity index (χ1n) is 10.0. The molecule has 1 aromatic heterocycles. The molecule has 2 heterocycles. The molecule has 6 nitrogen and oxygen atoms in total. The van der Waals surface area contributed by atoms with E-state index in [1.807, 2.05) is 19.2 Å². The lowest BCUT2D eigenvalue weighted by atomic mass is 10.1. The zero-order chi connectivity index (χ0) is 22.4. The fourth-order valence-corrected chi connectivity index (χ4v) is 6.66. The summed E-state index contributed by atoms with van der Waals surface area (Å²) >= 11 is 12.8. The number of sulfonamides is 1. The van der Waals surface area contributed by atoms with Crippen molar-refractivity contribution in [3.63, 3.8) is 0 Å². The van der Waals surface area contributed by atoms with Crippen LogP contribution in [0, 0.1) is 17.3 Å². The fraction of sp³-hybridized carbons (Fsp3) is 0.429. The highest BCUT2D eigenvalue weighted by molar-refractivity contribution is 7.89. The van der Waals surface area contributed by atoms with Crippen LogP contribution in [0.15, 0.2) is 45.1 Å². The van der Waals surface area contributed by atoms with Crippen LogP contribution in [-0.4, -0.2) is 36.7 Å². The summed E-state index contributed by atoms with van der Waals surface area (Å²) in [6.45, 7) is 5.15. The largest absolute Gasteiger partial charge is 0.302 e. The Kier molecular flexibility index (Phi) is 6.22. The lowest BCUT2D eigenvalue weighted by molar-refractivity contribution is -0.118. The van der Waals surface area contributed by atoms with Gasteiger partial charge in [0.1, 0.15) is 4.49 Å². The number of carbonyl (C=O) groups is 1. The molecule has 1 amide bonds. The molecule has 1 saturated carbocycles. The Bertz CT molecular complexity index is 1120. The second-order valence-electron chi connectivity index (χ2n) is 8.44. The average molecular weight is 500 g/mol. The van der Waals surface area contributed by atoms with Crippen molar-refractivity contribution >= 4 is 55.6 Å². The van der Waals surface area contributed by atoms with E-state index in [1.54, 1.807) is 30.3 Å². The van der Waals surface area contributed by atoms with Crippen LogP contribution in [0.25, 0.3) is 11.3 Å². The smallest absolute Gasteiger partial charge is 0.243 e. The predicted molar refractivity (Wildman–Crippen MR) is 125 cm³/mol. The Morgan fingerprint density at radius 1 is 1.23 bits per heavy atom. The van der Waals surface area contributed by atoms with Gasteiger partial charge in [-0.05, 0) is 42.4 Å². The van der Waals surface area contributed by atoms with Gasteiger partial charge in [0.2, 0.25) is 15.9 Å². The summed E-state index contributed by atoms with van der Waals surface area (Å²) in [5.74, 6) is -0.349. The van der Waals surface area contributed by atoms with Crippen LogP contribution >= 0.6 is 34.5 Å². The zero-order valence-electron chi connectivity index (χ0n) is 17.1. The van der Waals surface area contributed by atoms with Crippen LogP contribution in [0.3, 0.4) is 0 Å². The zero-order valence-corrected chi connectivity index (χ0v) is 20.3. The van der Waals surface area contributed by atoms with Crippen LogP contribution in [0.2, 0.25) is 0 Å². The summed E-state index contributed by atoms with van der Waals surface area (Å²) in [6, 6.07) is 6.72. The summed E-state index contributed by atoms with van der Waals surface area (Å²) in [7, 11) is -3.44. The van der Waals surface area contributed by atoms with Crippen LogP contribution in [0.1, 0.15) is 26.7 Å². The van der Waals surface area contributed by atoms with Crippen molar-refractivity contribution in [2.75, 3.05) is 18.4 Å². The van der Waals surface area contributed by atoms with Crippen molar-refractivity contribution in [1.82, 2.24) is 9.29 Å². The number of rotatable bonds is 6. The summed E-state index contributed by atoms with van der Waals surface area (Å²) in [4.78, 5) is 17.5. The second-order valence-corrected chi connectivity index (χ2v) is 12.2. The highest BCUT2D eigenvalue weighted by Gasteiger charge is 2.60. The molecule has 0 spiro atoms. The van der Waals surface area contributed by atoms with Gasteiger partial charge in [0.05, 0.1) is 16.5 Å². The molecule has 0 bridgehead atoms. The van der Waals surface area contributed by atoms with Gasteiger partial charge in [-0.15, -0.1) is 11.3 Å².